The van der Waals surface area contributed by atoms with Crippen molar-refractivity contribution in [3.05, 3.63) is 0 Å². The van der Waals surface area contributed by atoms with E-state index in [2.05, 4.69) is 17.1 Å². The van der Waals surface area contributed by atoms with Crippen molar-refractivity contribution in [1.82, 2.24) is 10.2 Å². The molecule has 0 aromatic carbocycles. The number of nitrogens with zero attached hydrogens (tertiary/aromatic N) is 1. The van der Waals surface area contributed by atoms with Crippen LogP contribution in [0.2, 0.25) is 0 Å². The molecule has 1 rings (SSSR count). The molecule has 0 spiro atoms. The molecule has 1 fully saturated rings. The lowest BCUT2D eigenvalue weighted by atomic mass is 9.89. The molecule has 94 valence electrons. The van der Waals surface area contributed by atoms with Crippen molar-refractivity contribution < 1.29 is 9.90 Å². The largest absolute Gasteiger partial charge is 0.395 e. The molecule has 16 heavy (non-hydrogen) atoms. The topological polar surface area (TPSA) is 52.6 Å². The molecule has 0 aromatic rings. The molecule has 1 aliphatic carbocycles. The highest BCUT2D eigenvalue weighted by Gasteiger charge is 2.29. The number of hydrogen-bond donors (Lipinski definition) is 2. The molecule has 0 aliphatic heterocycles. The molecule has 1 aliphatic rings. The quantitative estimate of drug-likeness (QED) is 0.730. The van der Waals surface area contributed by atoms with Crippen molar-refractivity contribution in [1.29, 1.82) is 0 Å². The standard InChI is InChI=1S/C12H24N2O2/c1-3-14(8-9-15)12-7-5-4-6-11(12)13-10(2)16/h11-12,15H,3-9H2,1-2H3,(H,13,16)/t11-,12-/m0/s1. The number of likely N-dealkylation sites (N-methyl/N-ethyl adjacent to an activating group) is 1. The second kappa shape index (κ2) is 6.86. The van der Waals surface area contributed by atoms with Crippen molar-refractivity contribution in [2.24, 2.45) is 0 Å². The van der Waals surface area contributed by atoms with Gasteiger partial charge in [0, 0.05) is 25.6 Å². The number of carbonyl (C=O) groups excluding carboxylic acids is 1. The Morgan fingerprint density at radius 2 is 2.12 bits per heavy atom. The molecule has 4 nitrogen and oxygen atoms in total. The van der Waals surface area contributed by atoms with E-state index in [4.69, 9.17) is 5.11 Å². The molecule has 4 heteroatoms. The number of hydrogen-bond acceptors (Lipinski definition) is 3. The van der Waals surface area contributed by atoms with E-state index in [1.807, 2.05) is 0 Å². The van der Waals surface area contributed by atoms with Crippen molar-refractivity contribution in [2.75, 3.05) is 19.7 Å². The fourth-order valence-electron chi connectivity index (χ4n) is 2.66. The Balaban J connectivity index is 2.60. The van der Waals surface area contributed by atoms with Crippen LogP contribution in [0.25, 0.3) is 0 Å². The first-order chi connectivity index (χ1) is 7.69. The Hall–Kier alpha value is -0.610. The van der Waals surface area contributed by atoms with Crippen LogP contribution < -0.4 is 5.32 Å². The molecule has 1 saturated carbocycles. The van der Waals surface area contributed by atoms with Crippen LogP contribution in [0.4, 0.5) is 0 Å². The molecule has 0 unspecified atom stereocenters. The molecule has 0 saturated heterocycles. The van der Waals surface area contributed by atoms with Crippen LogP contribution in [-0.2, 0) is 4.79 Å². The van der Waals surface area contributed by atoms with Gasteiger partial charge in [0.1, 0.15) is 0 Å². The predicted molar refractivity (Wildman–Crippen MR) is 64.2 cm³/mol. The summed E-state index contributed by atoms with van der Waals surface area (Å²) in [4.78, 5) is 13.4. The number of nitrogens with one attached hydrogen (secondary N) is 1. The van der Waals surface area contributed by atoms with Gasteiger partial charge in [-0.3, -0.25) is 9.69 Å². The molecule has 2 N–H and O–H groups in total. The second-order valence-electron chi connectivity index (χ2n) is 4.51. The third-order valence-electron chi connectivity index (χ3n) is 3.38. The molecule has 2 atom stereocenters. The molecule has 0 radical (unpaired) electrons. The maximum atomic E-state index is 11.1. The van der Waals surface area contributed by atoms with Crippen molar-refractivity contribution in [2.45, 2.75) is 51.6 Å². The number of carbonyl (C=O) groups is 1. The first kappa shape index (κ1) is 13.5. The summed E-state index contributed by atoms with van der Waals surface area (Å²) in [6.45, 7) is 5.51. The summed E-state index contributed by atoms with van der Waals surface area (Å²) >= 11 is 0. The van der Waals surface area contributed by atoms with Gasteiger partial charge in [0.05, 0.1) is 6.61 Å². The van der Waals surface area contributed by atoms with Gasteiger partial charge in [-0.15, -0.1) is 0 Å². The van der Waals surface area contributed by atoms with Gasteiger partial charge < -0.3 is 10.4 Å². The first-order valence-corrected chi connectivity index (χ1v) is 6.31. The summed E-state index contributed by atoms with van der Waals surface area (Å²) in [5, 5.41) is 12.1. The van der Waals surface area contributed by atoms with Crippen molar-refractivity contribution >= 4 is 5.91 Å². The lowest BCUT2D eigenvalue weighted by molar-refractivity contribution is -0.120. The average molecular weight is 228 g/mol. The van der Waals surface area contributed by atoms with Gasteiger partial charge in [0.15, 0.2) is 0 Å². The van der Waals surface area contributed by atoms with E-state index in [1.54, 1.807) is 6.92 Å². The zero-order valence-electron chi connectivity index (χ0n) is 10.4. The van der Waals surface area contributed by atoms with E-state index in [0.717, 1.165) is 19.4 Å². The molecular formula is C12H24N2O2. The minimum absolute atomic E-state index is 0.0527. The van der Waals surface area contributed by atoms with Gasteiger partial charge in [-0.25, -0.2) is 0 Å². The van der Waals surface area contributed by atoms with Crippen molar-refractivity contribution in [3.8, 4) is 0 Å². The zero-order valence-corrected chi connectivity index (χ0v) is 10.4. The average Bonchev–Trinajstić information content (AvgIpc) is 2.26. The third-order valence-corrected chi connectivity index (χ3v) is 3.38. The number of rotatable bonds is 5. The monoisotopic (exact) mass is 228 g/mol. The van der Waals surface area contributed by atoms with E-state index >= 15 is 0 Å². The van der Waals surface area contributed by atoms with Crippen LogP contribution in [0.5, 0.6) is 0 Å². The Kier molecular flexibility index (Phi) is 5.77. The Morgan fingerprint density at radius 1 is 1.44 bits per heavy atom. The van der Waals surface area contributed by atoms with Crippen LogP contribution >= 0.6 is 0 Å². The normalized spacial score (nSPS) is 25.8. The van der Waals surface area contributed by atoms with E-state index < -0.39 is 0 Å². The van der Waals surface area contributed by atoms with Gasteiger partial charge >= 0.3 is 0 Å². The maximum absolute atomic E-state index is 11.1. The minimum atomic E-state index is 0.0527. The van der Waals surface area contributed by atoms with Gasteiger partial charge in [0.2, 0.25) is 5.91 Å². The fourth-order valence-corrected chi connectivity index (χ4v) is 2.66. The van der Waals surface area contributed by atoms with Crippen LogP contribution in [-0.4, -0.2) is 47.7 Å². The number of amides is 1. The zero-order chi connectivity index (χ0) is 12.0. The Bertz CT molecular complexity index is 221. The summed E-state index contributed by atoms with van der Waals surface area (Å²) < 4.78 is 0. The lowest BCUT2D eigenvalue weighted by Crippen LogP contribution is -2.53. The third kappa shape index (κ3) is 3.76. The second-order valence-corrected chi connectivity index (χ2v) is 4.51. The van der Waals surface area contributed by atoms with E-state index in [1.165, 1.54) is 12.8 Å². The van der Waals surface area contributed by atoms with Crippen LogP contribution in [0.1, 0.15) is 39.5 Å². The number of aliphatic hydroxyl groups is 1. The summed E-state index contributed by atoms with van der Waals surface area (Å²) in [5.41, 5.74) is 0. The smallest absolute Gasteiger partial charge is 0.217 e. The van der Waals surface area contributed by atoms with Gasteiger partial charge in [0.25, 0.3) is 0 Å². The van der Waals surface area contributed by atoms with E-state index in [9.17, 15) is 4.79 Å². The molecule has 0 bridgehead atoms. The van der Waals surface area contributed by atoms with Gasteiger partial charge in [-0.2, -0.15) is 0 Å². The molecule has 1 amide bonds. The van der Waals surface area contributed by atoms with Crippen LogP contribution in [0, 0.1) is 0 Å². The maximum Gasteiger partial charge on any atom is 0.217 e. The van der Waals surface area contributed by atoms with Crippen LogP contribution in [0.3, 0.4) is 0 Å². The van der Waals surface area contributed by atoms with Gasteiger partial charge in [-0.1, -0.05) is 19.8 Å². The summed E-state index contributed by atoms with van der Waals surface area (Å²) in [5.74, 6) is 0.0527. The fraction of sp³-hybridized carbons (Fsp3) is 0.917. The highest BCUT2D eigenvalue weighted by atomic mass is 16.3. The van der Waals surface area contributed by atoms with E-state index in [-0.39, 0.29) is 18.6 Å². The molecule has 0 heterocycles. The summed E-state index contributed by atoms with van der Waals surface area (Å²) in [6.07, 6.45) is 4.60. The predicted octanol–water partition coefficient (Wildman–Crippen LogP) is 0.748. The van der Waals surface area contributed by atoms with Crippen molar-refractivity contribution in [3.63, 3.8) is 0 Å². The summed E-state index contributed by atoms with van der Waals surface area (Å²) in [6, 6.07) is 0.660. The van der Waals surface area contributed by atoms with Gasteiger partial charge in [-0.05, 0) is 19.4 Å². The van der Waals surface area contributed by atoms with E-state index in [0.29, 0.717) is 12.6 Å². The first-order valence-electron chi connectivity index (χ1n) is 6.31. The highest BCUT2D eigenvalue weighted by molar-refractivity contribution is 5.73. The SMILES string of the molecule is CCN(CCO)[C@H]1CCCC[C@@H]1NC(C)=O. The molecule has 0 aromatic heterocycles. The minimum Gasteiger partial charge on any atom is -0.395 e. The van der Waals surface area contributed by atoms with Crippen LogP contribution in [0.15, 0.2) is 0 Å². The Labute approximate surface area is 98.0 Å². The summed E-state index contributed by atoms with van der Waals surface area (Å²) in [7, 11) is 0. The Morgan fingerprint density at radius 3 is 2.69 bits per heavy atom. The molecular weight excluding hydrogens is 204 g/mol. The lowest BCUT2D eigenvalue weighted by Gasteiger charge is -2.39. The number of aliphatic hydroxyl groups excluding tert-OH is 1. The highest BCUT2D eigenvalue weighted by Crippen LogP contribution is 2.23.